The summed E-state index contributed by atoms with van der Waals surface area (Å²) in [7, 11) is 1.72. The number of rotatable bonds is 9. The molecular formula is C24H35N3O2S. The summed E-state index contributed by atoms with van der Waals surface area (Å²) < 4.78 is 7.52. The number of nitrogens with zero attached hydrogens (tertiary/aromatic N) is 3. The van der Waals surface area contributed by atoms with E-state index in [4.69, 9.17) is 4.74 Å². The highest BCUT2D eigenvalue weighted by Gasteiger charge is 2.35. The molecule has 0 aromatic carbocycles. The van der Waals surface area contributed by atoms with Crippen LogP contribution in [0.25, 0.3) is 0 Å². The molecule has 0 spiro atoms. The Morgan fingerprint density at radius 2 is 2.07 bits per heavy atom. The van der Waals surface area contributed by atoms with Gasteiger partial charge in [0.05, 0.1) is 19.1 Å². The minimum absolute atomic E-state index is 0.0568. The highest BCUT2D eigenvalue weighted by atomic mass is 32.1. The van der Waals surface area contributed by atoms with E-state index in [2.05, 4.69) is 43.6 Å². The molecule has 0 radical (unpaired) electrons. The van der Waals surface area contributed by atoms with Gasteiger partial charge in [0, 0.05) is 38.6 Å². The predicted octanol–water partition coefficient (Wildman–Crippen LogP) is 4.27. The Morgan fingerprint density at radius 1 is 1.23 bits per heavy atom. The molecule has 0 bridgehead atoms. The van der Waals surface area contributed by atoms with Crippen LogP contribution in [0.3, 0.4) is 0 Å². The van der Waals surface area contributed by atoms with Gasteiger partial charge in [-0.25, -0.2) is 0 Å². The number of methoxy groups -OCH3 is 1. The molecule has 3 atom stereocenters. The molecule has 0 unspecified atom stereocenters. The van der Waals surface area contributed by atoms with Crippen molar-refractivity contribution in [2.24, 2.45) is 5.92 Å². The van der Waals surface area contributed by atoms with Crippen molar-refractivity contribution in [3.05, 3.63) is 46.9 Å². The van der Waals surface area contributed by atoms with Crippen molar-refractivity contribution >= 4 is 17.2 Å². The standard InChI is InChI=1S/C24H35N3O2S/c1-29-15-14-27(18-20-7-6-13-25-10-3-2-8-22(20)25)24(28)17-23(21-9-16-30-19-21)26-11-4-5-12-26/h4-5,9,11-12,16,19-20,22-23H,2-3,6-8,10,13-15,17-18H2,1H3/t20-,22+,23+/m0/s1. The van der Waals surface area contributed by atoms with Crippen molar-refractivity contribution in [1.82, 2.24) is 14.4 Å². The van der Waals surface area contributed by atoms with Gasteiger partial charge in [0.2, 0.25) is 5.91 Å². The zero-order chi connectivity index (χ0) is 20.8. The average Bonchev–Trinajstić information content (AvgIpc) is 3.49. The van der Waals surface area contributed by atoms with E-state index in [1.807, 2.05) is 12.1 Å². The molecule has 2 aromatic rings. The summed E-state index contributed by atoms with van der Waals surface area (Å²) in [5.74, 6) is 0.830. The van der Waals surface area contributed by atoms with Gasteiger partial charge < -0.3 is 19.1 Å². The van der Waals surface area contributed by atoms with Crippen LogP contribution in [0.5, 0.6) is 0 Å². The highest BCUT2D eigenvalue weighted by molar-refractivity contribution is 7.08. The lowest BCUT2D eigenvalue weighted by Gasteiger charge is -2.45. The molecule has 0 saturated carbocycles. The molecule has 2 aliphatic rings. The summed E-state index contributed by atoms with van der Waals surface area (Å²) in [4.78, 5) is 18.3. The van der Waals surface area contributed by atoms with Crippen molar-refractivity contribution in [3.8, 4) is 0 Å². The molecule has 4 heterocycles. The van der Waals surface area contributed by atoms with Crippen molar-refractivity contribution in [3.63, 3.8) is 0 Å². The van der Waals surface area contributed by atoms with Gasteiger partial charge in [0.15, 0.2) is 0 Å². The van der Waals surface area contributed by atoms with E-state index in [0.29, 0.717) is 31.5 Å². The molecule has 2 aromatic heterocycles. The zero-order valence-electron chi connectivity index (χ0n) is 18.1. The number of thiophene rings is 1. The minimum atomic E-state index is 0.0568. The van der Waals surface area contributed by atoms with Crippen LogP contribution in [-0.4, -0.2) is 66.2 Å². The Morgan fingerprint density at radius 3 is 2.83 bits per heavy atom. The van der Waals surface area contributed by atoms with Crippen molar-refractivity contribution in [2.45, 2.75) is 50.6 Å². The van der Waals surface area contributed by atoms with Crippen LogP contribution in [0.1, 0.15) is 50.1 Å². The second-order valence-electron chi connectivity index (χ2n) is 8.74. The topological polar surface area (TPSA) is 37.7 Å². The van der Waals surface area contributed by atoms with Crippen LogP contribution in [0.15, 0.2) is 41.4 Å². The van der Waals surface area contributed by atoms with Crippen molar-refractivity contribution in [2.75, 3.05) is 39.9 Å². The molecule has 5 nitrogen and oxygen atoms in total. The van der Waals surface area contributed by atoms with E-state index in [1.165, 1.54) is 50.8 Å². The number of carbonyl (C=O) groups is 1. The zero-order valence-corrected chi connectivity index (χ0v) is 18.9. The molecule has 0 N–H and O–H groups in total. The van der Waals surface area contributed by atoms with Crippen LogP contribution in [0.2, 0.25) is 0 Å². The number of hydrogen-bond donors (Lipinski definition) is 0. The predicted molar refractivity (Wildman–Crippen MR) is 122 cm³/mol. The smallest absolute Gasteiger partial charge is 0.225 e. The second-order valence-corrected chi connectivity index (χ2v) is 9.52. The molecule has 0 aliphatic carbocycles. The first-order chi connectivity index (χ1) is 14.8. The third-order valence-electron chi connectivity index (χ3n) is 6.88. The second kappa shape index (κ2) is 10.6. The van der Waals surface area contributed by atoms with E-state index in [1.54, 1.807) is 18.4 Å². The van der Waals surface area contributed by atoms with E-state index < -0.39 is 0 Å². The van der Waals surface area contributed by atoms with Gasteiger partial charge in [0.25, 0.3) is 0 Å². The molecule has 6 heteroatoms. The lowest BCUT2D eigenvalue weighted by molar-refractivity contribution is -0.134. The number of amides is 1. The minimum Gasteiger partial charge on any atom is -0.383 e. The van der Waals surface area contributed by atoms with Gasteiger partial charge in [-0.15, -0.1) is 0 Å². The maximum atomic E-state index is 13.5. The Bertz CT molecular complexity index is 725. The van der Waals surface area contributed by atoms with Crippen molar-refractivity contribution in [1.29, 1.82) is 0 Å². The quantitative estimate of drug-likeness (QED) is 0.597. The number of aromatic nitrogens is 1. The number of ether oxygens (including phenoxy) is 1. The lowest BCUT2D eigenvalue weighted by Crippen LogP contribution is -2.52. The molecule has 30 heavy (non-hydrogen) atoms. The molecule has 164 valence electrons. The fourth-order valence-corrected chi connectivity index (χ4v) is 6.01. The Balaban J connectivity index is 1.47. The molecule has 4 rings (SSSR count). The Labute approximate surface area is 184 Å². The monoisotopic (exact) mass is 429 g/mol. The van der Waals surface area contributed by atoms with Crippen molar-refractivity contribution < 1.29 is 9.53 Å². The van der Waals surface area contributed by atoms with E-state index in [9.17, 15) is 4.79 Å². The number of carbonyl (C=O) groups excluding carboxylic acids is 1. The molecular weight excluding hydrogens is 394 g/mol. The number of piperidine rings is 2. The van der Waals surface area contributed by atoms with E-state index >= 15 is 0 Å². The SMILES string of the molecule is COCCN(C[C@@H]1CCCN2CCCC[C@H]12)C(=O)C[C@H](c1ccsc1)n1cccc1. The van der Waals surface area contributed by atoms with E-state index in [0.717, 1.165) is 6.54 Å². The first-order valence-electron chi connectivity index (χ1n) is 11.4. The first kappa shape index (κ1) is 21.6. The van der Waals surface area contributed by atoms with E-state index in [-0.39, 0.29) is 11.9 Å². The Kier molecular flexibility index (Phi) is 7.63. The third kappa shape index (κ3) is 5.16. The van der Waals surface area contributed by atoms with Gasteiger partial charge in [0.1, 0.15) is 0 Å². The Hall–Kier alpha value is -1.63. The third-order valence-corrected chi connectivity index (χ3v) is 7.59. The summed E-state index contributed by atoms with van der Waals surface area (Å²) in [6.45, 7) is 4.62. The molecule has 2 saturated heterocycles. The maximum Gasteiger partial charge on any atom is 0.225 e. The van der Waals surface area contributed by atoms with Crippen LogP contribution in [0.4, 0.5) is 0 Å². The van der Waals surface area contributed by atoms with Crippen LogP contribution in [-0.2, 0) is 9.53 Å². The summed E-state index contributed by atoms with van der Waals surface area (Å²) in [6, 6.07) is 6.92. The maximum absolute atomic E-state index is 13.5. The fourth-order valence-electron chi connectivity index (χ4n) is 5.30. The number of fused-ring (bicyclic) bond motifs is 1. The summed E-state index contributed by atoms with van der Waals surface area (Å²) in [6.07, 6.45) is 11.1. The largest absolute Gasteiger partial charge is 0.383 e. The van der Waals surface area contributed by atoms with Gasteiger partial charge >= 0.3 is 0 Å². The molecule has 1 amide bonds. The fraction of sp³-hybridized carbons (Fsp3) is 0.625. The molecule has 2 fully saturated rings. The lowest BCUT2D eigenvalue weighted by atomic mass is 9.83. The summed E-state index contributed by atoms with van der Waals surface area (Å²) in [5, 5.41) is 4.26. The normalized spacial score (nSPS) is 23.1. The summed E-state index contributed by atoms with van der Waals surface area (Å²) >= 11 is 1.69. The van der Waals surface area contributed by atoms with Gasteiger partial charge in [-0.05, 0) is 79.2 Å². The van der Waals surface area contributed by atoms with Crippen LogP contribution in [0, 0.1) is 5.92 Å². The number of hydrogen-bond acceptors (Lipinski definition) is 4. The summed E-state index contributed by atoms with van der Waals surface area (Å²) in [5.41, 5.74) is 1.22. The van der Waals surface area contributed by atoms with Crippen LogP contribution < -0.4 is 0 Å². The molecule has 2 aliphatic heterocycles. The van der Waals surface area contributed by atoms with Gasteiger partial charge in [-0.1, -0.05) is 6.42 Å². The average molecular weight is 430 g/mol. The van der Waals surface area contributed by atoms with Gasteiger partial charge in [-0.2, -0.15) is 11.3 Å². The highest BCUT2D eigenvalue weighted by Crippen LogP contribution is 2.32. The first-order valence-corrected chi connectivity index (χ1v) is 12.4. The van der Waals surface area contributed by atoms with Crippen LogP contribution >= 0.6 is 11.3 Å². The van der Waals surface area contributed by atoms with Gasteiger partial charge in [-0.3, -0.25) is 4.79 Å².